The summed E-state index contributed by atoms with van der Waals surface area (Å²) in [5, 5.41) is 3.61. The molecule has 3 aromatic carbocycles. The third kappa shape index (κ3) is 4.86. The van der Waals surface area contributed by atoms with Gasteiger partial charge in [0.25, 0.3) is 10.0 Å². The van der Waals surface area contributed by atoms with Crippen LogP contribution >= 0.6 is 31.9 Å². The van der Waals surface area contributed by atoms with E-state index in [1.54, 1.807) is 30.3 Å². The number of hydrogen-bond donors (Lipinski definition) is 2. The Hall–Kier alpha value is -2.20. The average molecular weight is 634 g/mol. The molecule has 3 atom stereocenters. The zero-order valence-electron chi connectivity index (χ0n) is 19.8. The van der Waals surface area contributed by atoms with Crippen LogP contribution in [-0.4, -0.2) is 20.8 Å². The Balaban J connectivity index is 1.43. The van der Waals surface area contributed by atoms with E-state index in [0.29, 0.717) is 17.9 Å². The maximum Gasteiger partial charge on any atom is 0.261 e. The van der Waals surface area contributed by atoms with Gasteiger partial charge < -0.3 is 10.1 Å². The Labute approximate surface area is 228 Å². The number of ketones is 1. The van der Waals surface area contributed by atoms with Crippen LogP contribution in [0.1, 0.15) is 53.9 Å². The molecule has 36 heavy (non-hydrogen) atoms. The maximum absolute atomic E-state index is 13.2. The molecule has 1 fully saturated rings. The Kier molecular flexibility index (Phi) is 7.02. The van der Waals surface area contributed by atoms with Gasteiger partial charge in [0.1, 0.15) is 0 Å². The van der Waals surface area contributed by atoms with E-state index in [1.807, 2.05) is 44.2 Å². The molecule has 2 aliphatic heterocycles. The zero-order chi connectivity index (χ0) is 25.6. The molecular weight excluding hydrogens is 608 g/mol. The summed E-state index contributed by atoms with van der Waals surface area (Å²) in [6.45, 7) is 4.41. The predicted octanol–water partition coefficient (Wildman–Crippen LogP) is 7.10. The number of rotatable bonds is 6. The number of anilines is 2. The number of carbonyl (C=O) groups excluding carboxylic acids is 1. The first-order valence-corrected chi connectivity index (χ1v) is 14.8. The van der Waals surface area contributed by atoms with Gasteiger partial charge in [-0.25, -0.2) is 8.42 Å². The molecule has 6 nitrogen and oxygen atoms in total. The lowest BCUT2D eigenvalue weighted by atomic mass is 9.81. The summed E-state index contributed by atoms with van der Waals surface area (Å²) in [5.41, 5.74) is 3.97. The Morgan fingerprint density at radius 1 is 1.03 bits per heavy atom. The van der Waals surface area contributed by atoms with Crippen molar-refractivity contribution in [1.29, 1.82) is 0 Å². The molecule has 0 spiro atoms. The summed E-state index contributed by atoms with van der Waals surface area (Å²) >= 11 is 6.81. The smallest absolute Gasteiger partial charge is 0.261 e. The summed E-state index contributed by atoms with van der Waals surface area (Å²) in [7, 11) is -3.79. The summed E-state index contributed by atoms with van der Waals surface area (Å²) in [5.74, 6) is 0.231. The van der Waals surface area contributed by atoms with E-state index in [2.05, 4.69) is 41.9 Å². The lowest BCUT2D eigenvalue weighted by molar-refractivity contribution is 0.0827. The van der Waals surface area contributed by atoms with Crippen LogP contribution in [0.3, 0.4) is 0 Å². The number of nitrogens with one attached hydrogen (secondary N) is 2. The van der Waals surface area contributed by atoms with Gasteiger partial charge in [0.2, 0.25) is 0 Å². The molecule has 1 saturated heterocycles. The molecule has 2 aliphatic rings. The van der Waals surface area contributed by atoms with E-state index in [0.717, 1.165) is 32.2 Å². The molecular formula is C27H26Br2N2O4S. The highest BCUT2D eigenvalue weighted by Crippen LogP contribution is 2.50. The van der Waals surface area contributed by atoms with Crippen molar-refractivity contribution < 1.29 is 17.9 Å². The lowest BCUT2D eigenvalue weighted by Gasteiger charge is -2.36. The molecule has 188 valence electrons. The Morgan fingerprint density at radius 3 is 2.47 bits per heavy atom. The van der Waals surface area contributed by atoms with Crippen molar-refractivity contribution in [2.45, 2.75) is 37.3 Å². The number of halogens is 2. The molecule has 0 saturated carbocycles. The molecule has 2 heterocycles. The van der Waals surface area contributed by atoms with Crippen molar-refractivity contribution in [3.05, 3.63) is 86.3 Å². The summed E-state index contributed by atoms with van der Waals surface area (Å²) in [6, 6.07) is 18.1. The third-order valence-corrected chi connectivity index (χ3v) is 10.0. The van der Waals surface area contributed by atoms with Crippen LogP contribution in [0.15, 0.2) is 74.5 Å². The quantitative estimate of drug-likeness (QED) is 0.283. The van der Waals surface area contributed by atoms with Crippen LogP contribution in [0.25, 0.3) is 0 Å². The minimum atomic E-state index is -3.79. The van der Waals surface area contributed by atoms with E-state index >= 15 is 0 Å². The van der Waals surface area contributed by atoms with E-state index in [-0.39, 0.29) is 34.7 Å². The largest absolute Gasteiger partial charge is 0.378 e. The highest BCUT2D eigenvalue weighted by atomic mass is 79.9. The van der Waals surface area contributed by atoms with Crippen molar-refractivity contribution in [3.63, 3.8) is 0 Å². The van der Waals surface area contributed by atoms with Crippen molar-refractivity contribution in [2.24, 2.45) is 11.8 Å². The monoisotopic (exact) mass is 632 g/mol. The minimum absolute atomic E-state index is 0.00824. The van der Waals surface area contributed by atoms with E-state index in [4.69, 9.17) is 4.74 Å². The number of hydrogen-bond acceptors (Lipinski definition) is 5. The maximum atomic E-state index is 13.2. The first-order chi connectivity index (χ1) is 17.1. The molecule has 2 unspecified atom stereocenters. The normalized spacial score (nSPS) is 21.0. The van der Waals surface area contributed by atoms with Gasteiger partial charge in [0.05, 0.1) is 22.7 Å². The van der Waals surface area contributed by atoms with Crippen LogP contribution in [0.2, 0.25) is 0 Å². The fourth-order valence-electron chi connectivity index (χ4n) is 4.91. The highest BCUT2D eigenvalue weighted by molar-refractivity contribution is 9.13. The Morgan fingerprint density at radius 2 is 1.78 bits per heavy atom. The first-order valence-electron chi connectivity index (χ1n) is 11.8. The lowest BCUT2D eigenvalue weighted by Crippen LogP contribution is -2.29. The van der Waals surface area contributed by atoms with Gasteiger partial charge in [0, 0.05) is 44.2 Å². The van der Waals surface area contributed by atoms with Crippen LogP contribution in [-0.2, 0) is 14.8 Å². The fourth-order valence-corrected chi connectivity index (χ4v) is 6.62. The molecule has 9 heteroatoms. The SMILES string of the molecule is CC(C)C(=O)c1ccc(C2Nc3ccc(S(=O)(=O)Nc4ccc(Br)c(Br)c4)cc3C3OCC[C@@H]23)cc1. The van der Waals surface area contributed by atoms with Crippen molar-refractivity contribution in [3.8, 4) is 0 Å². The molecule has 0 radical (unpaired) electrons. The molecule has 2 N–H and O–H groups in total. The number of sulfonamides is 1. The van der Waals surface area contributed by atoms with Crippen molar-refractivity contribution >= 4 is 59.0 Å². The summed E-state index contributed by atoms with van der Waals surface area (Å²) in [6.07, 6.45) is 0.650. The standard InChI is InChI=1S/C27H26Br2N2O4S/c1-15(2)26(32)17-5-3-16(4-6-17)25-20-11-12-35-27(20)21-14-19(8-10-24(21)30-25)36(33,34)31-18-7-9-22(28)23(29)13-18/h3-10,13-15,20,25,27,30-31H,11-12H2,1-2H3/t20-,25?,27?/m0/s1. The zero-order valence-corrected chi connectivity index (χ0v) is 23.8. The van der Waals surface area contributed by atoms with Crippen molar-refractivity contribution in [2.75, 3.05) is 16.6 Å². The second-order valence-electron chi connectivity index (χ2n) is 9.49. The highest BCUT2D eigenvalue weighted by Gasteiger charge is 2.42. The van der Waals surface area contributed by atoms with Gasteiger partial charge in [-0.3, -0.25) is 9.52 Å². The van der Waals surface area contributed by atoms with E-state index in [9.17, 15) is 13.2 Å². The minimum Gasteiger partial charge on any atom is -0.378 e. The summed E-state index contributed by atoms with van der Waals surface area (Å²) in [4.78, 5) is 12.5. The van der Waals surface area contributed by atoms with Gasteiger partial charge >= 0.3 is 0 Å². The molecule has 0 aliphatic carbocycles. The first kappa shape index (κ1) is 25.4. The molecule has 3 aromatic rings. The van der Waals surface area contributed by atoms with Gasteiger partial charge in [-0.1, -0.05) is 38.1 Å². The molecule has 0 amide bonds. The second-order valence-corrected chi connectivity index (χ2v) is 12.9. The third-order valence-electron chi connectivity index (χ3n) is 6.77. The topological polar surface area (TPSA) is 84.5 Å². The Bertz CT molecular complexity index is 1420. The molecule has 5 rings (SSSR count). The van der Waals surface area contributed by atoms with Crippen molar-refractivity contribution in [1.82, 2.24) is 0 Å². The molecule has 0 bridgehead atoms. The van der Waals surface area contributed by atoms with Crippen LogP contribution in [0.5, 0.6) is 0 Å². The summed E-state index contributed by atoms with van der Waals surface area (Å²) < 4.78 is 36.7. The predicted molar refractivity (Wildman–Crippen MR) is 148 cm³/mol. The number of fused-ring (bicyclic) bond motifs is 3. The van der Waals surface area contributed by atoms with Gasteiger partial charge in [-0.05, 0) is 80.2 Å². The molecule has 0 aromatic heterocycles. The van der Waals surface area contributed by atoms with Gasteiger partial charge in [-0.15, -0.1) is 0 Å². The van der Waals surface area contributed by atoms with Crippen LogP contribution in [0.4, 0.5) is 11.4 Å². The van der Waals surface area contributed by atoms with Crippen LogP contribution in [0, 0.1) is 11.8 Å². The van der Waals surface area contributed by atoms with Gasteiger partial charge in [0.15, 0.2) is 5.78 Å². The number of ether oxygens (including phenoxy) is 1. The number of Topliss-reactive ketones (excluding diaryl/α,β-unsaturated/α-hetero) is 1. The van der Waals surface area contributed by atoms with E-state index in [1.165, 1.54) is 0 Å². The van der Waals surface area contributed by atoms with Crippen LogP contribution < -0.4 is 10.0 Å². The van der Waals surface area contributed by atoms with Gasteiger partial charge in [-0.2, -0.15) is 0 Å². The average Bonchev–Trinajstić information content (AvgIpc) is 3.35. The number of carbonyl (C=O) groups is 1. The fraction of sp³-hybridized carbons (Fsp3) is 0.296. The van der Waals surface area contributed by atoms with E-state index < -0.39 is 10.0 Å². The number of benzene rings is 3. The second kappa shape index (κ2) is 9.93.